The summed E-state index contributed by atoms with van der Waals surface area (Å²) < 4.78 is 5.30. The van der Waals surface area contributed by atoms with E-state index in [1.54, 1.807) is 47.6 Å². The van der Waals surface area contributed by atoms with Crippen LogP contribution in [-0.4, -0.2) is 48.0 Å². The van der Waals surface area contributed by atoms with E-state index in [2.05, 4.69) is 5.32 Å². The minimum Gasteiger partial charge on any atom is -0.497 e. The number of amides is 2. The first-order valence-electron chi connectivity index (χ1n) is 12.6. The number of thiophene rings is 1. The van der Waals surface area contributed by atoms with Crippen molar-refractivity contribution >= 4 is 29.1 Å². The molecule has 0 atom stereocenters. The van der Waals surface area contributed by atoms with Crippen LogP contribution in [0, 0.1) is 0 Å². The highest BCUT2D eigenvalue weighted by atomic mass is 32.1. The van der Waals surface area contributed by atoms with Crippen LogP contribution in [0.1, 0.15) is 37.6 Å². The lowest BCUT2D eigenvalue weighted by molar-refractivity contribution is -0.137. The van der Waals surface area contributed by atoms with Gasteiger partial charge in [-0.05, 0) is 58.8 Å². The molecule has 2 amide bonds. The molecule has 0 spiro atoms. The van der Waals surface area contributed by atoms with Crippen molar-refractivity contribution in [3.63, 3.8) is 0 Å². The molecular weight excluding hydrogens is 512 g/mol. The number of benzene rings is 3. The lowest BCUT2D eigenvalue weighted by atomic mass is 9.94. The topological polar surface area (TPSA) is 95.9 Å². The first-order chi connectivity index (χ1) is 19.0. The zero-order chi connectivity index (χ0) is 27.6. The van der Waals surface area contributed by atoms with Crippen molar-refractivity contribution in [2.75, 3.05) is 20.2 Å². The number of ether oxygens (including phenoxy) is 1. The Bertz CT molecular complexity index is 1430. The molecule has 3 aromatic carbocycles. The van der Waals surface area contributed by atoms with Gasteiger partial charge in [-0.15, -0.1) is 11.3 Å². The van der Waals surface area contributed by atoms with E-state index in [-0.39, 0.29) is 24.8 Å². The van der Waals surface area contributed by atoms with Crippen LogP contribution < -0.4 is 10.1 Å². The van der Waals surface area contributed by atoms with Crippen molar-refractivity contribution in [1.82, 2.24) is 10.2 Å². The van der Waals surface area contributed by atoms with E-state index in [0.29, 0.717) is 41.8 Å². The van der Waals surface area contributed by atoms with Crippen molar-refractivity contribution in [2.24, 2.45) is 0 Å². The summed E-state index contributed by atoms with van der Waals surface area (Å²) in [5.74, 6) is -0.781. The van der Waals surface area contributed by atoms with Crippen LogP contribution in [0.5, 0.6) is 5.75 Å². The molecule has 0 unspecified atom stereocenters. The molecule has 8 heteroatoms. The number of carbonyl (C=O) groups is 3. The molecule has 1 aromatic heterocycles. The predicted molar refractivity (Wildman–Crippen MR) is 152 cm³/mol. The second-order valence-corrected chi connectivity index (χ2v) is 9.92. The lowest BCUT2D eigenvalue weighted by Gasteiger charge is -2.24. The molecule has 39 heavy (non-hydrogen) atoms. The summed E-state index contributed by atoms with van der Waals surface area (Å²) in [5.41, 5.74) is 3.10. The zero-order valence-corrected chi connectivity index (χ0v) is 22.4. The highest BCUT2D eigenvalue weighted by Gasteiger charge is 2.22. The van der Waals surface area contributed by atoms with Gasteiger partial charge in [0.25, 0.3) is 11.8 Å². The van der Waals surface area contributed by atoms with Crippen LogP contribution in [0.4, 0.5) is 0 Å². The van der Waals surface area contributed by atoms with Gasteiger partial charge in [0.05, 0.1) is 20.1 Å². The van der Waals surface area contributed by atoms with Gasteiger partial charge in [-0.3, -0.25) is 14.4 Å². The number of methoxy groups -OCH3 is 1. The molecule has 0 saturated heterocycles. The van der Waals surface area contributed by atoms with Crippen molar-refractivity contribution in [2.45, 2.75) is 19.4 Å². The molecule has 4 rings (SSSR count). The number of nitrogens with one attached hydrogen (secondary N) is 1. The summed E-state index contributed by atoms with van der Waals surface area (Å²) in [4.78, 5) is 41.0. The minimum atomic E-state index is -0.977. The van der Waals surface area contributed by atoms with E-state index in [9.17, 15) is 19.5 Å². The maximum Gasteiger partial charge on any atom is 0.305 e. The fourth-order valence-corrected chi connectivity index (χ4v) is 4.95. The lowest BCUT2D eigenvalue weighted by Crippen LogP contribution is -2.35. The first-order valence-corrected chi connectivity index (χ1v) is 13.5. The summed E-state index contributed by atoms with van der Waals surface area (Å²) in [5, 5.41) is 14.2. The molecule has 2 N–H and O–H groups in total. The number of hydrogen-bond donors (Lipinski definition) is 2. The van der Waals surface area contributed by atoms with Gasteiger partial charge in [0.2, 0.25) is 0 Å². The maximum absolute atomic E-state index is 13.9. The second-order valence-electron chi connectivity index (χ2n) is 8.89. The van der Waals surface area contributed by atoms with Gasteiger partial charge in [-0.2, -0.15) is 0 Å². The van der Waals surface area contributed by atoms with E-state index in [1.807, 2.05) is 66.0 Å². The quantitative estimate of drug-likeness (QED) is 0.246. The zero-order valence-electron chi connectivity index (χ0n) is 21.6. The van der Waals surface area contributed by atoms with Gasteiger partial charge < -0.3 is 20.1 Å². The standard InChI is InChI=1S/C31H30N2O5S/c1-38-23-9-6-8-22(20-23)15-17-33(18-16-29(34)35)31(37)28-14-5-3-12-26(28)25-11-2-4-13-27(25)30(36)32-21-24-10-7-19-39-24/h2-14,19-20H,15-18,21H2,1H3,(H,32,36)(H,34,35). The number of carboxylic acid groups (broad SMARTS) is 1. The van der Waals surface area contributed by atoms with Gasteiger partial charge in [0, 0.05) is 29.1 Å². The number of rotatable bonds is 12. The summed E-state index contributed by atoms with van der Waals surface area (Å²) >= 11 is 1.57. The molecule has 200 valence electrons. The normalized spacial score (nSPS) is 10.6. The first kappa shape index (κ1) is 27.6. The highest BCUT2D eigenvalue weighted by Crippen LogP contribution is 2.29. The fourth-order valence-electron chi connectivity index (χ4n) is 4.30. The molecule has 0 aliphatic rings. The SMILES string of the molecule is COc1cccc(CCN(CCC(=O)O)C(=O)c2ccccc2-c2ccccc2C(=O)NCc2cccs2)c1. The van der Waals surface area contributed by atoms with E-state index < -0.39 is 5.97 Å². The maximum atomic E-state index is 13.9. The number of carboxylic acids is 1. The monoisotopic (exact) mass is 542 g/mol. The average Bonchev–Trinajstić information content (AvgIpc) is 3.49. The number of nitrogens with zero attached hydrogens (tertiary/aromatic N) is 1. The molecule has 1 heterocycles. The average molecular weight is 543 g/mol. The summed E-state index contributed by atoms with van der Waals surface area (Å²) in [6.07, 6.45) is 0.361. The Morgan fingerprint density at radius 1 is 0.872 bits per heavy atom. The van der Waals surface area contributed by atoms with Gasteiger partial charge >= 0.3 is 5.97 Å². The number of hydrogen-bond acceptors (Lipinski definition) is 5. The van der Waals surface area contributed by atoms with Crippen molar-refractivity contribution < 1.29 is 24.2 Å². The molecule has 4 aromatic rings. The van der Waals surface area contributed by atoms with E-state index in [4.69, 9.17) is 4.74 Å². The van der Waals surface area contributed by atoms with Crippen LogP contribution in [0.15, 0.2) is 90.3 Å². The smallest absolute Gasteiger partial charge is 0.305 e. The molecule has 0 saturated carbocycles. The third kappa shape index (κ3) is 7.33. The Morgan fingerprint density at radius 3 is 2.28 bits per heavy atom. The Kier molecular flexibility index (Phi) is 9.48. The van der Waals surface area contributed by atoms with Crippen LogP contribution in [0.2, 0.25) is 0 Å². The van der Waals surface area contributed by atoms with E-state index in [1.165, 1.54) is 0 Å². The Hall–Kier alpha value is -4.43. The molecule has 0 bridgehead atoms. The largest absolute Gasteiger partial charge is 0.497 e. The molecule has 0 aliphatic carbocycles. The van der Waals surface area contributed by atoms with Crippen LogP contribution in [0.25, 0.3) is 11.1 Å². The summed E-state index contributed by atoms with van der Waals surface area (Å²) in [6, 6.07) is 25.8. The van der Waals surface area contributed by atoms with Crippen molar-refractivity contribution in [3.8, 4) is 16.9 Å². The van der Waals surface area contributed by atoms with Crippen LogP contribution in [0.3, 0.4) is 0 Å². The third-order valence-electron chi connectivity index (χ3n) is 6.31. The summed E-state index contributed by atoms with van der Waals surface area (Å²) in [6.45, 7) is 0.810. The Morgan fingerprint density at radius 2 is 1.59 bits per heavy atom. The number of carbonyl (C=O) groups excluding carboxylic acids is 2. The van der Waals surface area contributed by atoms with Crippen molar-refractivity contribution in [1.29, 1.82) is 0 Å². The fraction of sp³-hybridized carbons (Fsp3) is 0.194. The molecule has 7 nitrogen and oxygen atoms in total. The van der Waals surface area contributed by atoms with Crippen LogP contribution in [-0.2, 0) is 17.8 Å². The Labute approximate surface area is 231 Å². The van der Waals surface area contributed by atoms with Gasteiger partial charge in [-0.25, -0.2) is 0 Å². The molecule has 0 radical (unpaired) electrons. The molecule has 0 fully saturated rings. The summed E-state index contributed by atoms with van der Waals surface area (Å²) in [7, 11) is 1.60. The molecular formula is C31H30N2O5S. The van der Waals surface area contributed by atoms with E-state index in [0.717, 1.165) is 16.2 Å². The number of aliphatic carboxylic acids is 1. The van der Waals surface area contributed by atoms with Gasteiger partial charge in [0.15, 0.2) is 0 Å². The highest BCUT2D eigenvalue weighted by molar-refractivity contribution is 7.09. The van der Waals surface area contributed by atoms with Crippen LogP contribution >= 0.6 is 11.3 Å². The predicted octanol–water partition coefficient (Wildman–Crippen LogP) is 5.51. The third-order valence-corrected chi connectivity index (χ3v) is 7.19. The minimum absolute atomic E-state index is 0.0649. The van der Waals surface area contributed by atoms with E-state index >= 15 is 0 Å². The van der Waals surface area contributed by atoms with Crippen molar-refractivity contribution in [3.05, 3.63) is 112 Å². The second kappa shape index (κ2) is 13.4. The molecule has 0 aliphatic heterocycles. The Balaban J connectivity index is 1.61. The van der Waals surface area contributed by atoms with Gasteiger partial charge in [-0.1, -0.05) is 54.6 Å². The van der Waals surface area contributed by atoms with Gasteiger partial charge in [0.1, 0.15) is 5.75 Å².